The number of anilines is 1. The summed E-state index contributed by atoms with van der Waals surface area (Å²) in [5.74, 6) is 1.25. The fraction of sp³-hybridized carbons (Fsp3) is 0.250. The van der Waals surface area contributed by atoms with Gasteiger partial charge in [0.2, 0.25) is 5.91 Å². The molecule has 0 aliphatic carbocycles. The molecule has 0 saturated heterocycles. The van der Waals surface area contributed by atoms with Gasteiger partial charge in [0.15, 0.2) is 0 Å². The van der Waals surface area contributed by atoms with E-state index in [0.717, 1.165) is 17.0 Å². The molecular formula is C16H16N2O2. The lowest BCUT2D eigenvalue weighted by Crippen LogP contribution is -2.32. The summed E-state index contributed by atoms with van der Waals surface area (Å²) in [6.45, 7) is 2.31. The minimum atomic E-state index is -0.174. The molecule has 1 aliphatic rings. The highest BCUT2D eigenvalue weighted by molar-refractivity contribution is 5.92. The van der Waals surface area contributed by atoms with Gasteiger partial charge in [-0.2, -0.15) is 0 Å². The number of hydrogen-bond donors (Lipinski definition) is 1. The Kier molecular flexibility index (Phi) is 3.37. The molecule has 3 rings (SSSR count). The first-order valence-corrected chi connectivity index (χ1v) is 6.67. The molecule has 0 radical (unpaired) electrons. The van der Waals surface area contributed by atoms with Gasteiger partial charge in [0.25, 0.3) is 0 Å². The number of ether oxygens (including phenoxy) is 1. The Morgan fingerprint density at radius 1 is 1.25 bits per heavy atom. The van der Waals surface area contributed by atoms with Gasteiger partial charge >= 0.3 is 0 Å². The summed E-state index contributed by atoms with van der Waals surface area (Å²) < 4.78 is 5.64. The summed E-state index contributed by atoms with van der Waals surface area (Å²) in [7, 11) is 0. The van der Waals surface area contributed by atoms with E-state index in [1.165, 1.54) is 0 Å². The molecule has 0 bridgehead atoms. The fourth-order valence-electron chi connectivity index (χ4n) is 2.34. The molecule has 1 N–H and O–H groups in total. The first-order valence-electron chi connectivity index (χ1n) is 6.67. The van der Waals surface area contributed by atoms with Gasteiger partial charge in [0, 0.05) is 5.69 Å². The van der Waals surface area contributed by atoms with E-state index in [9.17, 15) is 4.79 Å². The van der Waals surface area contributed by atoms with Crippen LogP contribution in [0.25, 0.3) is 0 Å². The Morgan fingerprint density at radius 2 is 2.10 bits per heavy atom. The Hall–Kier alpha value is -2.36. The number of aromatic nitrogens is 1. The molecule has 20 heavy (non-hydrogen) atoms. The SMILES string of the molecule is Cc1cccc(NC(=O)[C@H]2COc3ccccc3C2)n1. The zero-order valence-electron chi connectivity index (χ0n) is 11.3. The van der Waals surface area contributed by atoms with Crippen LogP contribution in [0.5, 0.6) is 5.75 Å². The molecule has 0 saturated carbocycles. The molecule has 1 atom stereocenters. The lowest BCUT2D eigenvalue weighted by Gasteiger charge is -2.24. The molecule has 0 fully saturated rings. The van der Waals surface area contributed by atoms with Gasteiger partial charge in [-0.05, 0) is 37.1 Å². The zero-order chi connectivity index (χ0) is 13.9. The summed E-state index contributed by atoms with van der Waals surface area (Å²) >= 11 is 0. The number of carbonyl (C=O) groups is 1. The van der Waals surface area contributed by atoms with Gasteiger partial charge in [-0.1, -0.05) is 24.3 Å². The third-order valence-electron chi connectivity index (χ3n) is 3.39. The molecule has 1 amide bonds. The average molecular weight is 268 g/mol. The van der Waals surface area contributed by atoms with Gasteiger partial charge < -0.3 is 10.1 Å². The number of nitrogens with one attached hydrogen (secondary N) is 1. The smallest absolute Gasteiger partial charge is 0.232 e. The van der Waals surface area contributed by atoms with Crippen molar-refractivity contribution in [1.82, 2.24) is 4.98 Å². The predicted molar refractivity (Wildman–Crippen MR) is 76.7 cm³/mol. The van der Waals surface area contributed by atoms with E-state index in [-0.39, 0.29) is 11.8 Å². The van der Waals surface area contributed by atoms with Gasteiger partial charge in [-0.25, -0.2) is 4.98 Å². The third-order valence-corrected chi connectivity index (χ3v) is 3.39. The van der Waals surface area contributed by atoms with Crippen LogP contribution in [0.3, 0.4) is 0 Å². The standard InChI is InChI=1S/C16H16N2O2/c1-11-5-4-8-15(17-11)18-16(19)13-9-12-6-2-3-7-14(12)20-10-13/h2-8,13H,9-10H2,1H3,(H,17,18,19)/t13-/m1/s1. The molecular weight excluding hydrogens is 252 g/mol. The van der Waals surface area contributed by atoms with E-state index in [2.05, 4.69) is 10.3 Å². The van der Waals surface area contributed by atoms with Crippen molar-refractivity contribution < 1.29 is 9.53 Å². The lowest BCUT2D eigenvalue weighted by molar-refractivity contribution is -0.121. The Labute approximate surface area is 117 Å². The van der Waals surface area contributed by atoms with Crippen LogP contribution in [0, 0.1) is 12.8 Å². The van der Waals surface area contributed by atoms with E-state index < -0.39 is 0 Å². The highest BCUT2D eigenvalue weighted by atomic mass is 16.5. The molecule has 1 aromatic carbocycles. The number of rotatable bonds is 2. The van der Waals surface area contributed by atoms with Crippen molar-refractivity contribution in [1.29, 1.82) is 0 Å². The van der Waals surface area contributed by atoms with E-state index in [0.29, 0.717) is 18.8 Å². The number of amides is 1. The summed E-state index contributed by atoms with van der Waals surface area (Å²) in [6, 6.07) is 13.4. The van der Waals surface area contributed by atoms with Crippen LogP contribution < -0.4 is 10.1 Å². The maximum atomic E-state index is 12.3. The Bertz CT molecular complexity index is 640. The minimum Gasteiger partial charge on any atom is -0.492 e. The van der Waals surface area contributed by atoms with Crippen molar-refractivity contribution in [2.24, 2.45) is 5.92 Å². The van der Waals surface area contributed by atoms with Gasteiger partial charge in [0.05, 0.1) is 5.92 Å². The second kappa shape index (κ2) is 5.33. The normalized spacial score (nSPS) is 16.9. The number of aryl methyl sites for hydroxylation is 1. The topological polar surface area (TPSA) is 51.2 Å². The predicted octanol–water partition coefficient (Wildman–Crippen LogP) is 2.58. The third kappa shape index (κ3) is 2.64. The van der Waals surface area contributed by atoms with Crippen molar-refractivity contribution >= 4 is 11.7 Å². The van der Waals surface area contributed by atoms with Crippen LogP contribution in [0.15, 0.2) is 42.5 Å². The fourth-order valence-corrected chi connectivity index (χ4v) is 2.34. The molecule has 0 spiro atoms. The summed E-state index contributed by atoms with van der Waals surface area (Å²) in [5.41, 5.74) is 1.96. The molecule has 4 nitrogen and oxygen atoms in total. The second-order valence-electron chi connectivity index (χ2n) is 4.97. The Morgan fingerprint density at radius 3 is 2.95 bits per heavy atom. The minimum absolute atomic E-state index is 0.0439. The number of pyridine rings is 1. The Balaban J connectivity index is 1.70. The summed E-state index contributed by atoms with van der Waals surface area (Å²) in [4.78, 5) is 16.5. The number of carbonyl (C=O) groups excluding carboxylic acids is 1. The van der Waals surface area contributed by atoms with Crippen LogP contribution >= 0.6 is 0 Å². The van der Waals surface area contributed by atoms with Crippen LogP contribution in [-0.4, -0.2) is 17.5 Å². The highest BCUT2D eigenvalue weighted by Crippen LogP contribution is 2.27. The van der Waals surface area contributed by atoms with Gasteiger partial charge in [0.1, 0.15) is 18.2 Å². The molecule has 0 unspecified atom stereocenters. The van der Waals surface area contributed by atoms with Crippen LogP contribution in [0.1, 0.15) is 11.3 Å². The zero-order valence-corrected chi connectivity index (χ0v) is 11.3. The first kappa shape index (κ1) is 12.7. The average Bonchev–Trinajstić information content (AvgIpc) is 2.47. The van der Waals surface area contributed by atoms with E-state index in [1.807, 2.05) is 43.3 Å². The van der Waals surface area contributed by atoms with Crippen molar-refractivity contribution in [2.75, 3.05) is 11.9 Å². The highest BCUT2D eigenvalue weighted by Gasteiger charge is 2.25. The molecule has 2 aromatic rings. The number of benzene rings is 1. The number of hydrogen-bond acceptors (Lipinski definition) is 3. The largest absolute Gasteiger partial charge is 0.492 e. The first-order chi connectivity index (χ1) is 9.72. The van der Waals surface area contributed by atoms with E-state index in [4.69, 9.17) is 4.74 Å². The van der Waals surface area contributed by atoms with Crippen molar-refractivity contribution in [3.63, 3.8) is 0 Å². The monoisotopic (exact) mass is 268 g/mol. The number of para-hydroxylation sites is 1. The maximum absolute atomic E-state index is 12.3. The van der Waals surface area contributed by atoms with Crippen molar-refractivity contribution in [3.05, 3.63) is 53.7 Å². The second-order valence-corrected chi connectivity index (χ2v) is 4.97. The van der Waals surface area contributed by atoms with Crippen LogP contribution in [-0.2, 0) is 11.2 Å². The maximum Gasteiger partial charge on any atom is 0.232 e. The van der Waals surface area contributed by atoms with E-state index >= 15 is 0 Å². The molecule has 102 valence electrons. The summed E-state index contributed by atoms with van der Waals surface area (Å²) in [5, 5.41) is 2.85. The van der Waals surface area contributed by atoms with Crippen LogP contribution in [0.4, 0.5) is 5.82 Å². The lowest BCUT2D eigenvalue weighted by atomic mass is 9.96. The number of nitrogens with zero attached hydrogens (tertiary/aromatic N) is 1. The van der Waals surface area contributed by atoms with Gasteiger partial charge in [-0.3, -0.25) is 4.79 Å². The van der Waals surface area contributed by atoms with Gasteiger partial charge in [-0.15, -0.1) is 0 Å². The molecule has 4 heteroatoms. The van der Waals surface area contributed by atoms with Crippen molar-refractivity contribution in [2.45, 2.75) is 13.3 Å². The molecule has 2 heterocycles. The van der Waals surface area contributed by atoms with Crippen LogP contribution in [0.2, 0.25) is 0 Å². The quantitative estimate of drug-likeness (QED) is 0.910. The molecule has 1 aliphatic heterocycles. The summed E-state index contributed by atoms with van der Waals surface area (Å²) in [6.07, 6.45) is 0.702. The van der Waals surface area contributed by atoms with Crippen molar-refractivity contribution in [3.8, 4) is 5.75 Å². The molecule has 1 aromatic heterocycles. The van der Waals surface area contributed by atoms with E-state index in [1.54, 1.807) is 6.07 Å². The number of fused-ring (bicyclic) bond motifs is 1.